The van der Waals surface area contributed by atoms with Crippen LogP contribution in [0.3, 0.4) is 0 Å². The summed E-state index contributed by atoms with van der Waals surface area (Å²) in [5.74, 6) is -5.32. The van der Waals surface area contributed by atoms with E-state index < -0.39 is 35.7 Å². The van der Waals surface area contributed by atoms with Crippen LogP contribution in [0.15, 0.2) is 36.0 Å². The monoisotopic (exact) mass is 649 g/mol. The predicted molar refractivity (Wildman–Crippen MR) is 149 cm³/mol. The number of nitrogens with zero attached hydrogens (tertiary/aromatic N) is 6. The van der Waals surface area contributed by atoms with Gasteiger partial charge in [-0.15, -0.1) is 18.3 Å². The molecule has 3 heterocycles. The largest absolute Gasteiger partial charge is 0.573 e. The second-order valence-electron chi connectivity index (χ2n) is 11.8. The molecule has 0 bridgehead atoms. The van der Waals surface area contributed by atoms with Crippen LogP contribution in [-0.2, 0) is 30.7 Å². The molecule has 2 aliphatic carbocycles. The lowest BCUT2D eigenvalue weighted by Gasteiger charge is -2.45. The number of aryl methyl sites for hydroxylation is 2. The summed E-state index contributed by atoms with van der Waals surface area (Å²) in [6, 6.07) is 4.52. The van der Waals surface area contributed by atoms with Crippen molar-refractivity contribution in [2.75, 3.05) is 13.1 Å². The molecule has 244 valence electrons. The smallest absolute Gasteiger partial charge is 0.406 e. The number of alkyl halides is 5. The Labute approximate surface area is 258 Å². The molecule has 6 rings (SSSR count). The molecule has 0 radical (unpaired) electrons. The molecule has 0 spiro atoms. The molecule has 10 nitrogen and oxygen atoms in total. The van der Waals surface area contributed by atoms with Gasteiger partial charge < -0.3 is 15.0 Å². The summed E-state index contributed by atoms with van der Waals surface area (Å²) in [7, 11) is 0. The molecule has 2 amide bonds. The second kappa shape index (κ2) is 12.4. The molecule has 1 aliphatic heterocycles. The van der Waals surface area contributed by atoms with E-state index in [1.807, 2.05) is 6.07 Å². The van der Waals surface area contributed by atoms with Crippen LogP contribution >= 0.6 is 0 Å². The van der Waals surface area contributed by atoms with Crippen LogP contribution in [0.4, 0.5) is 26.3 Å². The van der Waals surface area contributed by atoms with E-state index in [2.05, 4.69) is 36.6 Å². The summed E-state index contributed by atoms with van der Waals surface area (Å²) in [4.78, 5) is 26.5. The highest BCUT2D eigenvalue weighted by molar-refractivity contribution is 5.91. The van der Waals surface area contributed by atoms with Gasteiger partial charge in [0, 0.05) is 62.8 Å². The number of fused-ring (bicyclic) bond motifs is 1. The number of carbonyl (C=O) groups is 2. The van der Waals surface area contributed by atoms with Crippen molar-refractivity contribution >= 4 is 17.9 Å². The Balaban J connectivity index is 0.924. The van der Waals surface area contributed by atoms with Gasteiger partial charge in [-0.25, -0.2) is 13.2 Å². The molecule has 16 heteroatoms. The maximum absolute atomic E-state index is 14.0. The van der Waals surface area contributed by atoms with Crippen molar-refractivity contribution in [3.8, 4) is 5.75 Å². The number of benzene rings is 1. The highest BCUT2D eigenvalue weighted by atomic mass is 19.4. The van der Waals surface area contributed by atoms with Gasteiger partial charge in [0.1, 0.15) is 11.6 Å². The molecule has 1 saturated carbocycles. The summed E-state index contributed by atoms with van der Waals surface area (Å²) < 4.78 is 82.8. The maximum atomic E-state index is 14.0. The topological polar surface area (TPSA) is 115 Å². The van der Waals surface area contributed by atoms with Crippen molar-refractivity contribution in [2.24, 2.45) is 11.8 Å². The van der Waals surface area contributed by atoms with Crippen molar-refractivity contribution in [3.63, 3.8) is 0 Å². The van der Waals surface area contributed by atoms with Gasteiger partial charge in [0.25, 0.3) is 5.91 Å². The first-order chi connectivity index (χ1) is 21.8. The lowest BCUT2D eigenvalue weighted by molar-refractivity contribution is -0.274. The molecule has 1 aromatic carbocycles. The molecule has 3 aliphatic rings. The van der Waals surface area contributed by atoms with Gasteiger partial charge in [-0.2, -0.15) is 10.2 Å². The summed E-state index contributed by atoms with van der Waals surface area (Å²) >= 11 is 0. The van der Waals surface area contributed by atoms with Crippen LogP contribution in [0.25, 0.3) is 6.08 Å². The van der Waals surface area contributed by atoms with Crippen LogP contribution in [-0.4, -0.2) is 67.3 Å². The summed E-state index contributed by atoms with van der Waals surface area (Å²) in [6.45, 7) is 1.16. The van der Waals surface area contributed by atoms with E-state index in [1.54, 1.807) is 4.90 Å². The number of rotatable bonds is 11. The van der Waals surface area contributed by atoms with Crippen molar-refractivity contribution in [1.29, 1.82) is 0 Å². The zero-order valence-electron chi connectivity index (χ0n) is 24.4. The number of aromatic nitrogens is 5. The maximum Gasteiger partial charge on any atom is 0.573 e. The summed E-state index contributed by atoms with van der Waals surface area (Å²) in [5, 5.41) is 18.9. The average molecular weight is 650 g/mol. The van der Waals surface area contributed by atoms with Gasteiger partial charge in [0.2, 0.25) is 11.8 Å². The number of carbonyl (C=O) groups excluding carboxylic acids is 2. The molecular formula is C30H29F6N7O3. The first-order valence-electron chi connectivity index (χ1n) is 14.8. The Morgan fingerprint density at radius 2 is 1.85 bits per heavy atom. The highest BCUT2D eigenvalue weighted by Crippen LogP contribution is 2.44. The van der Waals surface area contributed by atoms with E-state index >= 15 is 0 Å². The minimum atomic E-state index is -4.93. The van der Waals surface area contributed by atoms with Crippen LogP contribution < -0.4 is 10.1 Å². The zero-order valence-corrected chi connectivity index (χ0v) is 24.4. The minimum absolute atomic E-state index is 0.0290. The number of nitrogens with one attached hydrogen (secondary N) is 1. The number of halogens is 6. The Bertz CT molecular complexity index is 1660. The lowest BCUT2D eigenvalue weighted by Crippen LogP contribution is -2.55. The Morgan fingerprint density at radius 1 is 1.07 bits per heavy atom. The third-order valence-electron chi connectivity index (χ3n) is 8.36. The van der Waals surface area contributed by atoms with Crippen molar-refractivity contribution in [3.05, 3.63) is 70.1 Å². The van der Waals surface area contributed by atoms with Crippen LogP contribution in [0.2, 0.25) is 0 Å². The number of ether oxygens (including phenoxy) is 1. The highest BCUT2D eigenvalue weighted by Gasteiger charge is 2.51. The Kier molecular flexibility index (Phi) is 8.46. The van der Waals surface area contributed by atoms with Gasteiger partial charge in [-0.1, -0.05) is 16.9 Å². The molecule has 1 saturated heterocycles. The standard InChI is InChI=1S/C30H29F6N7O3/c31-24-5-4-23(46-30(34,35)36)9-19(24)13-37-27(44)26-16-43(41-40-26)6-2-1-3-22-8-18-7-17(10-25(18)39-38-22)21-14-42(15-21)28(45)20-11-29(32,33)12-20/h4-5,7-9,16,20-21H,1-3,6,10-15H2,(H,37,44). The van der Waals surface area contributed by atoms with Crippen molar-refractivity contribution in [1.82, 2.24) is 35.4 Å². The van der Waals surface area contributed by atoms with E-state index in [9.17, 15) is 35.9 Å². The van der Waals surface area contributed by atoms with E-state index in [1.165, 1.54) is 16.5 Å². The molecule has 1 N–H and O–H groups in total. The fraction of sp³-hybridized carbons (Fsp3) is 0.467. The number of likely N-dealkylation sites (tertiary alicyclic amines) is 1. The molecule has 3 aromatic rings. The quantitative estimate of drug-likeness (QED) is 0.240. The molecule has 46 heavy (non-hydrogen) atoms. The molecule has 0 unspecified atom stereocenters. The molecule has 2 fully saturated rings. The Morgan fingerprint density at radius 3 is 2.59 bits per heavy atom. The van der Waals surface area contributed by atoms with Gasteiger partial charge in [-0.05, 0) is 49.1 Å². The predicted octanol–water partition coefficient (Wildman–Crippen LogP) is 4.50. The summed E-state index contributed by atoms with van der Waals surface area (Å²) in [5.41, 5.74) is 3.65. The van der Waals surface area contributed by atoms with Gasteiger partial charge in [0.05, 0.1) is 17.6 Å². The lowest BCUT2D eigenvalue weighted by atomic mass is 9.79. The van der Waals surface area contributed by atoms with Crippen LogP contribution in [0.5, 0.6) is 5.75 Å². The van der Waals surface area contributed by atoms with Gasteiger partial charge in [0.15, 0.2) is 5.69 Å². The number of amides is 2. The zero-order chi connectivity index (χ0) is 32.6. The van der Waals surface area contributed by atoms with Gasteiger partial charge in [-0.3, -0.25) is 14.3 Å². The number of hydrogen-bond acceptors (Lipinski definition) is 7. The number of unbranched alkanes of at least 4 members (excludes halogenated alkanes) is 1. The normalized spacial score (nSPS) is 17.6. The number of hydrogen-bond donors (Lipinski definition) is 1. The van der Waals surface area contributed by atoms with E-state index in [0.29, 0.717) is 38.9 Å². The fourth-order valence-corrected chi connectivity index (χ4v) is 5.79. The van der Waals surface area contributed by atoms with Crippen LogP contribution in [0, 0.1) is 17.7 Å². The van der Waals surface area contributed by atoms with Gasteiger partial charge >= 0.3 is 6.36 Å². The molecular weight excluding hydrogens is 620 g/mol. The SMILES string of the molecule is O=C(NCc1cc(OC(F)(F)F)ccc1F)c1cn(CCCCc2cc3c(nn2)CC(C2CN(C(=O)C4CC(F)(F)C4)C2)=C3)nn1. The van der Waals surface area contributed by atoms with Crippen LogP contribution in [0.1, 0.15) is 58.7 Å². The Hall–Kier alpha value is -4.50. The third-order valence-corrected chi connectivity index (χ3v) is 8.36. The van der Waals surface area contributed by atoms with Crippen molar-refractivity contribution in [2.45, 2.75) is 63.9 Å². The van der Waals surface area contributed by atoms with E-state index in [0.717, 1.165) is 41.6 Å². The average Bonchev–Trinajstić information content (AvgIpc) is 3.59. The molecule has 0 atom stereocenters. The first-order valence-corrected chi connectivity index (χ1v) is 14.8. The third kappa shape index (κ3) is 7.31. The van der Waals surface area contributed by atoms with E-state index in [-0.39, 0.29) is 42.5 Å². The van der Waals surface area contributed by atoms with E-state index in [4.69, 9.17) is 0 Å². The molecule has 2 aromatic heterocycles. The fourth-order valence-electron chi connectivity index (χ4n) is 5.79. The minimum Gasteiger partial charge on any atom is -0.406 e. The summed E-state index contributed by atoms with van der Waals surface area (Å²) in [6.07, 6.45) is 0.635. The van der Waals surface area contributed by atoms with Crippen molar-refractivity contribution < 1.29 is 40.7 Å². The second-order valence-corrected chi connectivity index (χ2v) is 11.8. The first kappa shape index (κ1) is 31.5.